The Hall–Kier alpha value is -3.12. The first-order chi connectivity index (χ1) is 12.4. The summed E-state index contributed by atoms with van der Waals surface area (Å²) in [7, 11) is 0. The van der Waals surface area contributed by atoms with Gasteiger partial charge in [0.2, 0.25) is 5.91 Å². The molecule has 26 heavy (non-hydrogen) atoms. The Bertz CT molecular complexity index is 889. The smallest absolute Gasteiger partial charge is 0.325 e. The Morgan fingerprint density at radius 3 is 2.42 bits per heavy atom. The second-order valence-corrected chi connectivity index (χ2v) is 6.28. The number of halogens is 1. The zero-order valence-corrected chi connectivity index (χ0v) is 14.7. The normalized spacial score (nSPS) is 15.3. The molecular weight excluding hydrogens is 354 g/mol. The van der Waals surface area contributed by atoms with E-state index in [-0.39, 0.29) is 12.2 Å². The lowest BCUT2D eigenvalue weighted by molar-refractivity contribution is -0.127. The summed E-state index contributed by atoms with van der Waals surface area (Å²) >= 11 is 5.83. The second kappa shape index (κ2) is 7.41. The van der Waals surface area contributed by atoms with Crippen LogP contribution in [0.3, 0.4) is 0 Å². The molecule has 6 nitrogen and oxygen atoms in total. The zero-order chi connectivity index (χ0) is 18.7. The van der Waals surface area contributed by atoms with Crippen LogP contribution in [-0.4, -0.2) is 29.3 Å². The van der Waals surface area contributed by atoms with Crippen molar-refractivity contribution in [3.63, 3.8) is 0 Å². The van der Waals surface area contributed by atoms with Gasteiger partial charge < -0.3 is 10.6 Å². The molecule has 0 spiro atoms. The largest absolute Gasteiger partial charge is 0.329 e. The van der Waals surface area contributed by atoms with E-state index < -0.39 is 17.8 Å². The number of benzene rings is 2. The molecule has 132 valence electrons. The number of hydrogen-bond acceptors (Lipinski definition) is 3. The van der Waals surface area contributed by atoms with Gasteiger partial charge in [-0.05, 0) is 42.8 Å². The van der Waals surface area contributed by atoms with Crippen molar-refractivity contribution in [3.05, 3.63) is 70.4 Å². The summed E-state index contributed by atoms with van der Waals surface area (Å²) in [5, 5.41) is 5.71. The molecule has 1 fully saturated rings. The van der Waals surface area contributed by atoms with Gasteiger partial charge in [-0.3, -0.25) is 9.59 Å². The first-order valence-electron chi connectivity index (χ1n) is 7.89. The minimum absolute atomic E-state index is 0.112. The fourth-order valence-corrected chi connectivity index (χ4v) is 2.55. The van der Waals surface area contributed by atoms with Gasteiger partial charge in [-0.25, -0.2) is 9.69 Å². The van der Waals surface area contributed by atoms with Crippen LogP contribution in [0.15, 0.2) is 54.2 Å². The second-order valence-electron chi connectivity index (χ2n) is 5.85. The molecule has 2 N–H and O–H groups in total. The molecule has 0 saturated carbocycles. The number of hydrogen-bond donors (Lipinski definition) is 2. The van der Waals surface area contributed by atoms with Gasteiger partial charge in [0.25, 0.3) is 5.91 Å². The van der Waals surface area contributed by atoms with Crippen molar-refractivity contribution in [2.75, 3.05) is 11.9 Å². The quantitative estimate of drug-likeness (QED) is 0.641. The highest BCUT2D eigenvalue weighted by Crippen LogP contribution is 2.16. The van der Waals surface area contributed by atoms with Gasteiger partial charge in [-0.2, -0.15) is 0 Å². The van der Waals surface area contributed by atoms with Crippen LogP contribution in [0.1, 0.15) is 11.1 Å². The van der Waals surface area contributed by atoms with E-state index in [1.165, 1.54) is 6.08 Å². The molecule has 2 aromatic carbocycles. The Morgan fingerprint density at radius 1 is 1.12 bits per heavy atom. The summed E-state index contributed by atoms with van der Waals surface area (Å²) in [6, 6.07) is 13.4. The number of carbonyl (C=O) groups is 3. The molecule has 4 amide bonds. The summed E-state index contributed by atoms with van der Waals surface area (Å²) in [6.07, 6.45) is 1.54. The van der Waals surface area contributed by atoms with Gasteiger partial charge in [-0.1, -0.05) is 41.4 Å². The van der Waals surface area contributed by atoms with Crippen molar-refractivity contribution in [2.45, 2.75) is 6.92 Å². The van der Waals surface area contributed by atoms with E-state index in [1.807, 2.05) is 19.1 Å². The highest BCUT2D eigenvalue weighted by atomic mass is 35.5. The Balaban J connectivity index is 1.67. The Kier molecular flexibility index (Phi) is 5.04. The number of imide groups is 1. The number of amides is 4. The maximum atomic E-state index is 12.4. The number of rotatable bonds is 4. The molecule has 0 aliphatic carbocycles. The summed E-state index contributed by atoms with van der Waals surface area (Å²) < 4.78 is 0. The van der Waals surface area contributed by atoms with Gasteiger partial charge in [0.1, 0.15) is 12.2 Å². The van der Waals surface area contributed by atoms with E-state index in [0.717, 1.165) is 10.5 Å². The van der Waals surface area contributed by atoms with Crippen LogP contribution in [0.4, 0.5) is 10.5 Å². The third-order valence-electron chi connectivity index (χ3n) is 3.78. The first-order valence-corrected chi connectivity index (χ1v) is 8.27. The van der Waals surface area contributed by atoms with E-state index in [1.54, 1.807) is 36.4 Å². The highest BCUT2D eigenvalue weighted by Gasteiger charge is 2.34. The van der Waals surface area contributed by atoms with Crippen molar-refractivity contribution in [1.29, 1.82) is 0 Å². The van der Waals surface area contributed by atoms with Crippen LogP contribution in [0, 0.1) is 6.92 Å². The van der Waals surface area contributed by atoms with Crippen molar-refractivity contribution in [3.8, 4) is 0 Å². The fourth-order valence-electron chi connectivity index (χ4n) is 2.42. The number of urea groups is 1. The summed E-state index contributed by atoms with van der Waals surface area (Å²) in [6.45, 7) is 1.57. The lowest BCUT2D eigenvalue weighted by Crippen LogP contribution is -2.38. The maximum Gasteiger partial charge on any atom is 0.329 e. The monoisotopic (exact) mass is 369 g/mol. The van der Waals surface area contributed by atoms with Gasteiger partial charge in [0, 0.05) is 10.7 Å². The molecule has 1 aliphatic rings. The van der Waals surface area contributed by atoms with E-state index in [9.17, 15) is 14.4 Å². The molecule has 1 aliphatic heterocycles. The number of aryl methyl sites for hydroxylation is 1. The van der Waals surface area contributed by atoms with Gasteiger partial charge in [0.15, 0.2) is 0 Å². The van der Waals surface area contributed by atoms with Crippen LogP contribution in [0.25, 0.3) is 6.08 Å². The average Bonchev–Trinajstić information content (AvgIpc) is 2.86. The Morgan fingerprint density at radius 2 is 1.77 bits per heavy atom. The molecule has 0 atom stereocenters. The predicted molar refractivity (Wildman–Crippen MR) is 99.5 cm³/mol. The first kappa shape index (κ1) is 17.7. The molecule has 0 radical (unpaired) electrons. The highest BCUT2D eigenvalue weighted by molar-refractivity contribution is 6.30. The van der Waals surface area contributed by atoms with Crippen molar-refractivity contribution in [2.24, 2.45) is 0 Å². The van der Waals surface area contributed by atoms with Gasteiger partial charge in [-0.15, -0.1) is 0 Å². The number of nitrogens with one attached hydrogen (secondary N) is 2. The van der Waals surface area contributed by atoms with Crippen LogP contribution in [0.2, 0.25) is 5.02 Å². The lowest BCUT2D eigenvalue weighted by Gasteiger charge is -2.12. The summed E-state index contributed by atoms with van der Waals surface area (Å²) in [4.78, 5) is 37.4. The number of carbonyl (C=O) groups excluding carboxylic acids is 3. The molecule has 7 heteroatoms. The van der Waals surface area contributed by atoms with Crippen LogP contribution < -0.4 is 10.6 Å². The molecule has 1 heterocycles. The maximum absolute atomic E-state index is 12.4. The predicted octanol–water partition coefficient (Wildman–Crippen LogP) is 3.18. The van der Waals surface area contributed by atoms with Crippen LogP contribution >= 0.6 is 11.6 Å². The molecule has 0 bridgehead atoms. The Labute approximate surface area is 155 Å². The molecular formula is C19H16ClN3O3. The lowest BCUT2D eigenvalue weighted by atomic mass is 10.2. The minimum Gasteiger partial charge on any atom is -0.325 e. The summed E-state index contributed by atoms with van der Waals surface area (Å²) in [5.74, 6) is -1.01. The van der Waals surface area contributed by atoms with Gasteiger partial charge >= 0.3 is 6.03 Å². The molecule has 0 aromatic heterocycles. The minimum atomic E-state index is -0.630. The van der Waals surface area contributed by atoms with E-state index in [2.05, 4.69) is 10.6 Å². The average molecular weight is 370 g/mol. The van der Waals surface area contributed by atoms with Gasteiger partial charge in [0.05, 0.1) is 0 Å². The van der Waals surface area contributed by atoms with E-state index >= 15 is 0 Å². The zero-order valence-electron chi connectivity index (χ0n) is 14.0. The third-order valence-corrected chi connectivity index (χ3v) is 4.03. The SMILES string of the molecule is Cc1ccc(NC(=O)CN2C(=O)NC(=Cc3ccc(Cl)cc3)C2=O)cc1. The molecule has 1 saturated heterocycles. The molecule has 0 unspecified atom stereocenters. The fraction of sp³-hybridized carbons (Fsp3) is 0.105. The van der Waals surface area contributed by atoms with Crippen molar-refractivity contribution < 1.29 is 14.4 Å². The number of anilines is 1. The topological polar surface area (TPSA) is 78.5 Å². The standard InChI is InChI=1S/C19H16ClN3O3/c1-12-2-8-15(9-3-12)21-17(24)11-23-18(25)16(22-19(23)26)10-13-4-6-14(20)7-5-13/h2-10H,11H2,1H3,(H,21,24)(H,22,26). The number of nitrogens with zero attached hydrogens (tertiary/aromatic N) is 1. The molecule has 3 rings (SSSR count). The van der Waals surface area contributed by atoms with Crippen molar-refractivity contribution in [1.82, 2.24) is 10.2 Å². The molecule has 2 aromatic rings. The van der Waals surface area contributed by atoms with E-state index in [4.69, 9.17) is 11.6 Å². The summed E-state index contributed by atoms with van der Waals surface area (Å²) in [5.41, 5.74) is 2.49. The van der Waals surface area contributed by atoms with Crippen LogP contribution in [0.5, 0.6) is 0 Å². The third kappa shape index (κ3) is 4.10. The van der Waals surface area contributed by atoms with Crippen molar-refractivity contribution >= 4 is 41.2 Å². The van der Waals surface area contributed by atoms with E-state index in [0.29, 0.717) is 16.3 Å². The van der Waals surface area contributed by atoms with Crippen LogP contribution in [-0.2, 0) is 9.59 Å².